The van der Waals surface area contributed by atoms with Gasteiger partial charge in [0.2, 0.25) is 5.91 Å². The second-order valence-corrected chi connectivity index (χ2v) is 5.66. The predicted octanol–water partition coefficient (Wildman–Crippen LogP) is 2.84. The van der Waals surface area contributed by atoms with Crippen molar-refractivity contribution in [3.63, 3.8) is 0 Å². The first-order valence-corrected chi connectivity index (χ1v) is 7.35. The highest BCUT2D eigenvalue weighted by molar-refractivity contribution is 5.78. The second-order valence-electron chi connectivity index (χ2n) is 5.66. The van der Waals surface area contributed by atoms with Crippen LogP contribution in [0, 0.1) is 12.7 Å². The van der Waals surface area contributed by atoms with Crippen LogP contribution >= 0.6 is 0 Å². The lowest BCUT2D eigenvalue weighted by molar-refractivity contribution is -0.121. The molecule has 2 rings (SSSR count). The average molecular weight is 278 g/mol. The number of carbonyl (C=O) groups is 1. The molecule has 4 heteroatoms. The average Bonchev–Trinajstić information content (AvgIpc) is 2.92. The Hall–Kier alpha value is -1.42. The molecule has 0 aromatic heterocycles. The molecule has 1 aromatic carbocycles. The number of hydrogen-bond acceptors (Lipinski definition) is 2. The SMILES string of the molecule is Cc1ccc(C(C)NC(=O)CNC2CCCC2)cc1F. The molecule has 1 unspecified atom stereocenters. The van der Waals surface area contributed by atoms with Gasteiger partial charge in [-0.15, -0.1) is 0 Å². The maximum absolute atomic E-state index is 13.5. The molecule has 0 bridgehead atoms. The van der Waals surface area contributed by atoms with Crippen molar-refractivity contribution in [3.8, 4) is 0 Å². The Morgan fingerprint density at radius 1 is 1.40 bits per heavy atom. The van der Waals surface area contributed by atoms with E-state index in [2.05, 4.69) is 10.6 Å². The van der Waals surface area contributed by atoms with Crippen molar-refractivity contribution >= 4 is 5.91 Å². The molecule has 1 aliphatic rings. The Bertz CT molecular complexity index is 470. The Morgan fingerprint density at radius 3 is 2.75 bits per heavy atom. The van der Waals surface area contributed by atoms with Crippen LogP contribution in [0.3, 0.4) is 0 Å². The van der Waals surface area contributed by atoms with Crippen molar-refractivity contribution in [1.82, 2.24) is 10.6 Å². The van der Waals surface area contributed by atoms with E-state index in [1.54, 1.807) is 13.0 Å². The number of amides is 1. The first-order chi connectivity index (χ1) is 9.56. The van der Waals surface area contributed by atoms with Crippen molar-refractivity contribution in [2.75, 3.05) is 6.54 Å². The van der Waals surface area contributed by atoms with Gasteiger partial charge in [-0.2, -0.15) is 0 Å². The molecule has 20 heavy (non-hydrogen) atoms. The van der Waals surface area contributed by atoms with Gasteiger partial charge in [-0.1, -0.05) is 25.0 Å². The third-order valence-electron chi connectivity index (χ3n) is 3.98. The van der Waals surface area contributed by atoms with Gasteiger partial charge in [-0.05, 0) is 43.9 Å². The highest BCUT2D eigenvalue weighted by Gasteiger charge is 2.16. The Labute approximate surface area is 120 Å². The number of aryl methyl sites for hydroxylation is 1. The summed E-state index contributed by atoms with van der Waals surface area (Å²) in [6, 6.07) is 5.39. The van der Waals surface area contributed by atoms with Crippen molar-refractivity contribution in [2.24, 2.45) is 0 Å². The van der Waals surface area contributed by atoms with Gasteiger partial charge in [0.05, 0.1) is 12.6 Å². The van der Waals surface area contributed by atoms with Crippen LogP contribution in [-0.4, -0.2) is 18.5 Å². The molecule has 1 amide bonds. The zero-order chi connectivity index (χ0) is 14.5. The van der Waals surface area contributed by atoms with Crippen molar-refractivity contribution < 1.29 is 9.18 Å². The number of carbonyl (C=O) groups excluding carboxylic acids is 1. The van der Waals surface area contributed by atoms with Gasteiger partial charge < -0.3 is 10.6 Å². The zero-order valence-electron chi connectivity index (χ0n) is 12.2. The van der Waals surface area contributed by atoms with Crippen molar-refractivity contribution in [3.05, 3.63) is 35.1 Å². The van der Waals surface area contributed by atoms with Crippen LogP contribution in [0.1, 0.15) is 49.8 Å². The number of halogens is 1. The fraction of sp³-hybridized carbons (Fsp3) is 0.562. The van der Waals surface area contributed by atoms with E-state index in [0.29, 0.717) is 18.2 Å². The number of benzene rings is 1. The third kappa shape index (κ3) is 4.04. The Kier molecular flexibility index (Phi) is 5.12. The zero-order valence-corrected chi connectivity index (χ0v) is 12.2. The maximum atomic E-state index is 13.5. The molecular formula is C16H23FN2O. The lowest BCUT2D eigenvalue weighted by atomic mass is 10.1. The van der Waals surface area contributed by atoms with E-state index in [1.807, 2.05) is 13.0 Å². The topological polar surface area (TPSA) is 41.1 Å². The molecule has 3 nitrogen and oxygen atoms in total. The van der Waals surface area contributed by atoms with Crippen molar-refractivity contribution in [2.45, 2.75) is 51.6 Å². The minimum Gasteiger partial charge on any atom is -0.348 e. The summed E-state index contributed by atoms with van der Waals surface area (Å²) in [5, 5.41) is 6.17. The third-order valence-corrected chi connectivity index (χ3v) is 3.98. The van der Waals surface area contributed by atoms with Crippen LogP contribution in [-0.2, 0) is 4.79 Å². The van der Waals surface area contributed by atoms with Crippen LogP contribution < -0.4 is 10.6 Å². The van der Waals surface area contributed by atoms with Gasteiger partial charge in [0.25, 0.3) is 0 Å². The molecule has 2 N–H and O–H groups in total. The molecule has 1 atom stereocenters. The fourth-order valence-corrected chi connectivity index (χ4v) is 2.62. The van der Waals surface area contributed by atoms with E-state index in [-0.39, 0.29) is 17.8 Å². The number of nitrogens with one attached hydrogen (secondary N) is 2. The maximum Gasteiger partial charge on any atom is 0.234 e. The standard InChI is InChI=1S/C16H23FN2O/c1-11-7-8-13(9-15(11)17)12(2)19-16(20)10-18-14-5-3-4-6-14/h7-9,12,14,18H,3-6,10H2,1-2H3,(H,19,20). The van der Waals surface area contributed by atoms with Crippen LogP contribution in [0.15, 0.2) is 18.2 Å². The van der Waals surface area contributed by atoms with E-state index in [9.17, 15) is 9.18 Å². The lowest BCUT2D eigenvalue weighted by Gasteiger charge is -2.17. The normalized spacial score (nSPS) is 17.1. The van der Waals surface area contributed by atoms with Gasteiger partial charge in [0.1, 0.15) is 5.82 Å². The molecule has 110 valence electrons. The molecule has 1 fully saturated rings. The van der Waals surface area contributed by atoms with Gasteiger partial charge in [0.15, 0.2) is 0 Å². The minimum absolute atomic E-state index is 0.0367. The summed E-state index contributed by atoms with van der Waals surface area (Å²) < 4.78 is 13.5. The fourth-order valence-electron chi connectivity index (χ4n) is 2.62. The van der Waals surface area contributed by atoms with E-state index < -0.39 is 0 Å². The van der Waals surface area contributed by atoms with E-state index >= 15 is 0 Å². The summed E-state index contributed by atoms with van der Waals surface area (Å²) in [6.07, 6.45) is 4.81. The van der Waals surface area contributed by atoms with Gasteiger partial charge >= 0.3 is 0 Å². The van der Waals surface area contributed by atoms with Crippen molar-refractivity contribution in [1.29, 1.82) is 0 Å². The van der Waals surface area contributed by atoms with Gasteiger partial charge in [-0.25, -0.2) is 4.39 Å². The van der Waals surface area contributed by atoms with Crippen LogP contribution in [0.2, 0.25) is 0 Å². The molecule has 1 aliphatic carbocycles. The number of rotatable bonds is 5. The quantitative estimate of drug-likeness (QED) is 0.869. The summed E-state index contributed by atoms with van der Waals surface area (Å²) in [6.45, 7) is 3.94. The number of hydrogen-bond donors (Lipinski definition) is 2. The lowest BCUT2D eigenvalue weighted by Crippen LogP contribution is -2.39. The van der Waals surface area contributed by atoms with Crippen LogP contribution in [0.4, 0.5) is 4.39 Å². The monoisotopic (exact) mass is 278 g/mol. The van der Waals surface area contributed by atoms with E-state index in [4.69, 9.17) is 0 Å². The molecule has 0 saturated heterocycles. The molecule has 0 heterocycles. The predicted molar refractivity (Wildman–Crippen MR) is 78.0 cm³/mol. The highest BCUT2D eigenvalue weighted by atomic mass is 19.1. The van der Waals surface area contributed by atoms with Gasteiger partial charge in [-0.3, -0.25) is 4.79 Å². The molecule has 0 aliphatic heterocycles. The first-order valence-electron chi connectivity index (χ1n) is 7.35. The molecule has 0 radical (unpaired) electrons. The summed E-state index contributed by atoms with van der Waals surface area (Å²) in [4.78, 5) is 11.9. The smallest absolute Gasteiger partial charge is 0.234 e. The minimum atomic E-state index is -0.229. The van der Waals surface area contributed by atoms with E-state index in [1.165, 1.54) is 18.9 Å². The van der Waals surface area contributed by atoms with Crippen LogP contribution in [0.25, 0.3) is 0 Å². The second kappa shape index (κ2) is 6.84. The molecule has 0 spiro atoms. The largest absolute Gasteiger partial charge is 0.348 e. The molecule has 1 aromatic rings. The first kappa shape index (κ1) is 15.0. The summed E-state index contributed by atoms with van der Waals surface area (Å²) in [5.74, 6) is -0.266. The summed E-state index contributed by atoms with van der Waals surface area (Å²) in [5.41, 5.74) is 1.41. The van der Waals surface area contributed by atoms with Gasteiger partial charge in [0, 0.05) is 6.04 Å². The molecular weight excluding hydrogens is 255 g/mol. The Morgan fingerprint density at radius 2 is 2.10 bits per heavy atom. The highest BCUT2D eigenvalue weighted by Crippen LogP contribution is 2.18. The van der Waals surface area contributed by atoms with Crippen LogP contribution in [0.5, 0.6) is 0 Å². The summed E-state index contributed by atoms with van der Waals surface area (Å²) in [7, 11) is 0. The summed E-state index contributed by atoms with van der Waals surface area (Å²) >= 11 is 0. The Balaban J connectivity index is 1.81. The van der Waals surface area contributed by atoms with E-state index in [0.717, 1.165) is 18.4 Å². The molecule has 1 saturated carbocycles.